The number of esters is 2. The van der Waals surface area contributed by atoms with E-state index in [-0.39, 0.29) is 29.5 Å². The van der Waals surface area contributed by atoms with E-state index in [9.17, 15) is 9.59 Å². The van der Waals surface area contributed by atoms with E-state index in [1.54, 1.807) is 20.8 Å². The van der Waals surface area contributed by atoms with E-state index < -0.39 is 11.9 Å². The average molecular weight is 272 g/mol. The quantitative estimate of drug-likeness (QED) is 0.621. The zero-order valence-corrected chi connectivity index (χ0v) is 11.2. The molecule has 0 aliphatic carbocycles. The molecule has 1 rings (SSSR count). The van der Waals surface area contributed by atoms with Crippen LogP contribution in [0.25, 0.3) is 0 Å². The minimum absolute atomic E-state index is 0.0130. The van der Waals surface area contributed by atoms with Gasteiger partial charge in [0.1, 0.15) is 5.15 Å². The van der Waals surface area contributed by atoms with Crippen LogP contribution in [0.2, 0.25) is 5.15 Å². The Morgan fingerprint density at radius 2 is 1.67 bits per heavy atom. The first-order valence-electron chi connectivity index (χ1n) is 5.52. The molecule has 0 amide bonds. The lowest BCUT2D eigenvalue weighted by atomic mass is 10.1. The fourth-order valence-corrected chi connectivity index (χ4v) is 1.60. The minimum atomic E-state index is -0.611. The number of aromatic nitrogens is 1. The van der Waals surface area contributed by atoms with Crippen LogP contribution in [0, 0.1) is 6.92 Å². The van der Waals surface area contributed by atoms with E-state index in [0.717, 1.165) is 0 Å². The third-order valence-electron chi connectivity index (χ3n) is 2.16. The van der Waals surface area contributed by atoms with Gasteiger partial charge in [-0.25, -0.2) is 14.6 Å². The molecule has 5 nitrogen and oxygen atoms in total. The molecule has 0 fully saturated rings. The number of aryl methyl sites for hydroxylation is 1. The summed E-state index contributed by atoms with van der Waals surface area (Å²) in [6.07, 6.45) is 0. The molecular weight excluding hydrogens is 258 g/mol. The SMILES string of the molecule is CCOC(=O)c1cc(C(=O)OCC)c(Cl)nc1C. The fourth-order valence-electron chi connectivity index (χ4n) is 1.34. The Bertz CT molecular complexity index is 434. The molecule has 0 aliphatic heterocycles. The van der Waals surface area contributed by atoms with Crippen LogP contribution in [-0.4, -0.2) is 30.1 Å². The molecule has 0 saturated carbocycles. The fraction of sp³-hybridized carbons (Fsp3) is 0.417. The summed E-state index contributed by atoms with van der Waals surface area (Å²) in [7, 11) is 0. The van der Waals surface area contributed by atoms with E-state index in [1.165, 1.54) is 6.07 Å². The van der Waals surface area contributed by atoms with Crippen molar-refractivity contribution in [1.82, 2.24) is 4.98 Å². The molecule has 1 aromatic rings. The summed E-state index contributed by atoms with van der Waals surface area (Å²) in [5, 5.41) is 0.0130. The van der Waals surface area contributed by atoms with E-state index >= 15 is 0 Å². The molecular formula is C12H14ClNO4. The Hall–Kier alpha value is -1.62. The van der Waals surface area contributed by atoms with Crippen molar-refractivity contribution < 1.29 is 19.1 Å². The van der Waals surface area contributed by atoms with Gasteiger partial charge >= 0.3 is 11.9 Å². The second kappa shape index (κ2) is 6.35. The van der Waals surface area contributed by atoms with Crippen molar-refractivity contribution in [2.75, 3.05) is 13.2 Å². The smallest absolute Gasteiger partial charge is 0.341 e. The van der Waals surface area contributed by atoms with Gasteiger partial charge in [0, 0.05) is 0 Å². The number of nitrogens with zero attached hydrogens (tertiary/aromatic N) is 1. The first-order chi connectivity index (χ1) is 8.51. The van der Waals surface area contributed by atoms with E-state index in [1.807, 2.05) is 0 Å². The highest BCUT2D eigenvalue weighted by molar-refractivity contribution is 6.32. The molecule has 0 bridgehead atoms. The maximum Gasteiger partial charge on any atom is 0.341 e. The molecule has 1 heterocycles. The number of hydrogen-bond donors (Lipinski definition) is 0. The molecule has 0 saturated heterocycles. The van der Waals surface area contributed by atoms with E-state index in [0.29, 0.717) is 5.69 Å². The van der Waals surface area contributed by atoms with Crippen molar-refractivity contribution in [3.05, 3.63) is 28.0 Å². The second-order valence-electron chi connectivity index (χ2n) is 3.40. The lowest BCUT2D eigenvalue weighted by molar-refractivity contribution is 0.0524. The summed E-state index contributed by atoms with van der Waals surface area (Å²) in [5.74, 6) is -1.15. The van der Waals surface area contributed by atoms with Gasteiger partial charge in [-0.1, -0.05) is 11.6 Å². The molecule has 1 aromatic heterocycles. The van der Waals surface area contributed by atoms with Gasteiger partial charge < -0.3 is 9.47 Å². The molecule has 0 aliphatic rings. The first kappa shape index (κ1) is 14.4. The van der Waals surface area contributed by atoms with Crippen LogP contribution < -0.4 is 0 Å². The van der Waals surface area contributed by atoms with Crippen LogP contribution in [-0.2, 0) is 9.47 Å². The number of pyridine rings is 1. The summed E-state index contributed by atoms with van der Waals surface area (Å²) in [5.41, 5.74) is 0.683. The van der Waals surface area contributed by atoms with Crippen LogP contribution in [0.15, 0.2) is 6.07 Å². The van der Waals surface area contributed by atoms with Gasteiger partial charge in [-0.15, -0.1) is 0 Å². The van der Waals surface area contributed by atoms with Gasteiger partial charge in [0.15, 0.2) is 0 Å². The average Bonchev–Trinajstić information content (AvgIpc) is 2.29. The maximum atomic E-state index is 11.7. The third-order valence-corrected chi connectivity index (χ3v) is 2.45. The van der Waals surface area contributed by atoms with Crippen LogP contribution in [0.5, 0.6) is 0 Å². The third kappa shape index (κ3) is 3.20. The number of carbonyl (C=O) groups is 2. The van der Waals surface area contributed by atoms with Gasteiger partial charge in [0.25, 0.3) is 0 Å². The van der Waals surface area contributed by atoms with E-state index in [4.69, 9.17) is 21.1 Å². The number of hydrogen-bond acceptors (Lipinski definition) is 5. The summed E-state index contributed by atoms with van der Waals surface area (Å²) < 4.78 is 9.70. The molecule has 0 unspecified atom stereocenters. The monoisotopic (exact) mass is 271 g/mol. The molecule has 0 aromatic carbocycles. The van der Waals surface area contributed by atoms with Gasteiger partial charge in [-0.3, -0.25) is 0 Å². The Morgan fingerprint density at radius 3 is 2.17 bits per heavy atom. The van der Waals surface area contributed by atoms with Gasteiger partial charge in [0.2, 0.25) is 0 Å². The molecule has 0 spiro atoms. The Kier molecular flexibility index (Phi) is 5.09. The molecule has 6 heteroatoms. The first-order valence-corrected chi connectivity index (χ1v) is 5.90. The summed E-state index contributed by atoms with van der Waals surface area (Å²) in [6.45, 7) is 5.46. The van der Waals surface area contributed by atoms with Crippen molar-refractivity contribution in [3.63, 3.8) is 0 Å². The number of carbonyl (C=O) groups excluding carboxylic acids is 2. The lowest BCUT2D eigenvalue weighted by Gasteiger charge is -2.09. The van der Waals surface area contributed by atoms with Crippen molar-refractivity contribution in [3.8, 4) is 0 Å². The van der Waals surface area contributed by atoms with Crippen molar-refractivity contribution in [2.45, 2.75) is 20.8 Å². The van der Waals surface area contributed by atoms with Crippen LogP contribution in [0.3, 0.4) is 0 Å². The van der Waals surface area contributed by atoms with Gasteiger partial charge in [0.05, 0.1) is 30.0 Å². The molecule has 0 radical (unpaired) electrons. The lowest BCUT2D eigenvalue weighted by Crippen LogP contribution is -2.13. The highest BCUT2D eigenvalue weighted by atomic mass is 35.5. The van der Waals surface area contributed by atoms with Crippen molar-refractivity contribution >= 4 is 23.5 Å². The van der Waals surface area contributed by atoms with E-state index in [2.05, 4.69) is 4.98 Å². The molecule has 98 valence electrons. The summed E-state index contributed by atoms with van der Waals surface area (Å²) in [4.78, 5) is 27.2. The summed E-state index contributed by atoms with van der Waals surface area (Å²) >= 11 is 5.85. The van der Waals surface area contributed by atoms with Crippen LogP contribution in [0.4, 0.5) is 0 Å². The Morgan fingerprint density at radius 1 is 1.17 bits per heavy atom. The van der Waals surface area contributed by atoms with Crippen molar-refractivity contribution in [2.24, 2.45) is 0 Å². The highest BCUT2D eigenvalue weighted by Crippen LogP contribution is 2.19. The van der Waals surface area contributed by atoms with Crippen molar-refractivity contribution in [1.29, 1.82) is 0 Å². The van der Waals surface area contributed by atoms with Gasteiger partial charge in [-0.2, -0.15) is 0 Å². The predicted molar refractivity (Wildman–Crippen MR) is 65.9 cm³/mol. The summed E-state index contributed by atoms with van der Waals surface area (Å²) in [6, 6.07) is 1.35. The number of rotatable bonds is 4. The Balaban J connectivity index is 3.17. The molecule has 0 N–H and O–H groups in total. The van der Waals surface area contributed by atoms with Crippen LogP contribution in [0.1, 0.15) is 40.3 Å². The minimum Gasteiger partial charge on any atom is -0.462 e. The number of ether oxygens (including phenoxy) is 2. The molecule has 0 atom stereocenters. The second-order valence-corrected chi connectivity index (χ2v) is 3.76. The number of halogens is 1. The topological polar surface area (TPSA) is 65.5 Å². The Labute approximate surface area is 110 Å². The predicted octanol–water partition coefficient (Wildman–Crippen LogP) is 2.40. The van der Waals surface area contributed by atoms with Crippen LogP contribution >= 0.6 is 11.6 Å². The normalized spacial score (nSPS) is 10.0. The zero-order chi connectivity index (χ0) is 13.7. The maximum absolute atomic E-state index is 11.7. The molecule has 18 heavy (non-hydrogen) atoms. The largest absolute Gasteiger partial charge is 0.462 e. The standard InChI is InChI=1S/C12H14ClNO4/c1-4-17-11(15)8-6-9(12(16)18-5-2)10(13)14-7(8)3/h6H,4-5H2,1-3H3. The highest BCUT2D eigenvalue weighted by Gasteiger charge is 2.19. The van der Waals surface area contributed by atoms with Gasteiger partial charge in [-0.05, 0) is 26.8 Å². The zero-order valence-electron chi connectivity index (χ0n) is 10.4.